The Morgan fingerprint density at radius 1 is 1.21 bits per heavy atom. The Morgan fingerprint density at radius 2 is 1.82 bits per heavy atom. The summed E-state index contributed by atoms with van der Waals surface area (Å²) in [5.74, 6) is -5.74. The van der Waals surface area contributed by atoms with Crippen LogP contribution < -0.4 is 10.2 Å². The minimum atomic E-state index is -1.91. The maximum atomic E-state index is 14.3. The lowest BCUT2D eigenvalue weighted by atomic mass is 9.88. The number of likely N-dealkylation sites (tertiary alicyclic amines) is 1. The first-order valence-electron chi connectivity index (χ1n) is 11.6. The van der Waals surface area contributed by atoms with E-state index in [-0.39, 0.29) is 11.6 Å². The molecule has 10 heteroatoms. The van der Waals surface area contributed by atoms with Gasteiger partial charge in [-0.2, -0.15) is 0 Å². The molecule has 1 amide bonds. The number of carboxylic acids is 2. The van der Waals surface area contributed by atoms with Gasteiger partial charge >= 0.3 is 18.0 Å². The molecule has 9 nitrogen and oxygen atoms in total. The number of hydrogen-bond acceptors (Lipinski definition) is 6. The molecule has 2 aliphatic rings. The van der Waals surface area contributed by atoms with Crippen molar-refractivity contribution in [3.63, 3.8) is 0 Å². The van der Waals surface area contributed by atoms with Crippen molar-refractivity contribution in [2.24, 2.45) is 0 Å². The lowest BCUT2D eigenvalue weighted by Gasteiger charge is -2.48. The fourth-order valence-corrected chi connectivity index (χ4v) is 4.96. The van der Waals surface area contributed by atoms with Crippen molar-refractivity contribution in [3.05, 3.63) is 29.6 Å². The lowest BCUT2D eigenvalue weighted by Crippen LogP contribution is -2.57. The van der Waals surface area contributed by atoms with Gasteiger partial charge in [0.15, 0.2) is 5.92 Å². The summed E-state index contributed by atoms with van der Waals surface area (Å²) in [6.45, 7) is 9.59. The van der Waals surface area contributed by atoms with Crippen LogP contribution in [0.2, 0.25) is 0 Å². The number of carbonyl (C=O) groups is 3. The highest BCUT2D eigenvalue weighted by atomic mass is 19.1. The SMILES string of the molecule is CC(C)(C)OC(=O)N1CCC(C)(N(c2ccc(F)cc2C(C(=O)O)C(=O)O)C2CCNCC2)C1. The first kappa shape index (κ1) is 25.7. The number of nitrogens with zero attached hydrogens (tertiary/aromatic N) is 2. The number of halogens is 1. The minimum Gasteiger partial charge on any atom is -0.480 e. The van der Waals surface area contributed by atoms with Crippen LogP contribution >= 0.6 is 0 Å². The number of carboxylic acid groups (broad SMARTS) is 2. The second-order valence-corrected chi connectivity index (χ2v) is 10.3. The summed E-state index contributed by atoms with van der Waals surface area (Å²) in [6, 6.07) is 3.64. The number of anilines is 1. The smallest absolute Gasteiger partial charge is 0.410 e. The zero-order valence-corrected chi connectivity index (χ0v) is 20.1. The van der Waals surface area contributed by atoms with Gasteiger partial charge in [-0.3, -0.25) is 9.59 Å². The first-order chi connectivity index (χ1) is 15.8. The predicted octanol–water partition coefficient (Wildman–Crippen LogP) is 3.04. The summed E-state index contributed by atoms with van der Waals surface area (Å²) in [4.78, 5) is 40.2. The summed E-state index contributed by atoms with van der Waals surface area (Å²) in [7, 11) is 0. The van der Waals surface area contributed by atoms with Crippen LogP contribution in [0.1, 0.15) is 58.4 Å². The average Bonchev–Trinajstić information content (AvgIpc) is 3.12. The van der Waals surface area contributed by atoms with Crippen LogP contribution in [0.25, 0.3) is 0 Å². The maximum Gasteiger partial charge on any atom is 0.410 e. The van der Waals surface area contributed by atoms with Crippen molar-refractivity contribution >= 4 is 23.7 Å². The van der Waals surface area contributed by atoms with Crippen LogP contribution in [-0.4, -0.2) is 76.5 Å². The van der Waals surface area contributed by atoms with Crippen LogP contribution in [0.5, 0.6) is 0 Å². The number of ether oxygens (including phenoxy) is 1. The number of benzene rings is 1. The van der Waals surface area contributed by atoms with E-state index >= 15 is 0 Å². The van der Waals surface area contributed by atoms with Gasteiger partial charge in [0.2, 0.25) is 0 Å². The Hall–Kier alpha value is -2.88. The third-order valence-electron chi connectivity index (χ3n) is 6.41. The lowest BCUT2D eigenvalue weighted by molar-refractivity contribution is -0.150. The van der Waals surface area contributed by atoms with Crippen LogP contribution in [-0.2, 0) is 14.3 Å². The molecule has 0 aliphatic carbocycles. The van der Waals surface area contributed by atoms with Crippen LogP contribution in [0, 0.1) is 5.82 Å². The molecular weight excluding hydrogens is 445 g/mol. The molecule has 1 unspecified atom stereocenters. The van der Waals surface area contributed by atoms with Gasteiger partial charge in [0.25, 0.3) is 0 Å². The van der Waals surface area contributed by atoms with Crippen molar-refractivity contribution in [1.29, 1.82) is 0 Å². The summed E-state index contributed by atoms with van der Waals surface area (Å²) in [5.41, 5.74) is -1.01. The highest BCUT2D eigenvalue weighted by Crippen LogP contribution is 2.40. The summed E-state index contributed by atoms with van der Waals surface area (Å²) in [6.07, 6.45) is 1.61. The van der Waals surface area contributed by atoms with E-state index in [4.69, 9.17) is 4.74 Å². The number of carbonyl (C=O) groups excluding carboxylic acids is 1. The number of amides is 1. The van der Waals surface area contributed by atoms with Gasteiger partial charge < -0.3 is 30.1 Å². The van der Waals surface area contributed by atoms with Crippen LogP contribution in [0.15, 0.2) is 18.2 Å². The van der Waals surface area contributed by atoms with Gasteiger partial charge in [0, 0.05) is 30.4 Å². The van der Waals surface area contributed by atoms with E-state index in [1.165, 1.54) is 12.1 Å². The van der Waals surface area contributed by atoms with Crippen molar-refractivity contribution in [2.45, 2.75) is 70.1 Å². The van der Waals surface area contributed by atoms with Crippen molar-refractivity contribution in [3.8, 4) is 0 Å². The molecule has 34 heavy (non-hydrogen) atoms. The molecule has 2 heterocycles. The normalized spacial score (nSPS) is 21.5. The van der Waals surface area contributed by atoms with Gasteiger partial charge in [0.05, 0.1) is 5.54 Å². The fraction of sp³-hybridized carbons (Fsp3) is 0.625. The highest BCUT2D eigenvalue weighted by molar-refractivity contribution is 6.00. The van der Waals surface area contributed by atoms with Gasteiger partial charge in [-0.15, -0.1) is 0 Å². The Kier molecular flexibility index (Phi) is 7.40. The Balaban J connectivity index is 2.06. The number of aliphatic carboxylic acids is 2. The molecule has 2 aliphatic heterocycles. The molecule has 3 rings (SSSR count). The molecule has 0 aromatic heterocycles. The fourth-order valence-electron chi connectivity index (χ4n) is 4.96. The molecule has 0 spiro atoms. The molecule has 3 N–H and O–H groups in total. The quantitative estimate of drug-likeness (QED) is 0.533. The molecule has 1 atom stereocenters. The Labute approximate surface area is 198 Å². The Morgan fingerprint density at radius 3 is 2.38 bits per heavy atom. The number of nitrogens with one attached hydrogen (secondary N) is 1. The predicted molar refractivity (Wildman–Crippen MR) is 124 cm³/mol. The molecule has 2 saturated heterocycles. The largest absolute Gasteiger partial charge is 0.480 e. The summed E-state index contributed by atoms with van der Waals surface area (Å²) < 4.78 is 19.8. The molecular formula is C24H34FN3O6. The summed E-state index contributed by atoms with van der Waals surface area (Å²) in [5, 5.41) is 22.6. The summed E-state index contributed by atoms with van der Waals surface area (Å²) >= 11 is 0. The molecule has 0 radical (unpaired) electrons. The molecule has 2 fully saturated rings. The van der Waals surface area contributed by atoms with Crippen molar-refractivity contribution in [1.82, 2.24) is 10.2 Å². The highest BCUT2D eigenvalue weighted by Gasteiger charge is 2.46. The van der Waals surface area contributed by atoms with Crippen LogP contribution in [0.4, 0.5) is 14.9 Å². The first-order valence-corrected chi connectivity index (χ1v) is 11.6. The molecule has 0 bridgehead atoms. The second-order valence-electron chi connectivity index (χ2n) is 10.3. The number of hydrogen-bond donors (Lipinski definition) is 3. The monoisotopic (exact) mass is 479 g/mol. The van der Waals surface area contributed by atoms with E-state index in [0.29, 0.717) is 25.2 Å². The molecule has 0 saturated carbocycles. The van der Waals surface area contributed by atoms with Gasteiger partial charge in [-0.25, -0.2) is 9.18 Å². The topological polar surface area (TPSA) is 119 Å². The van der Waals surface area contributed by atoms with Gasteiger partial charge in [-0.05, 0) is 78.2 Å². The molecule has 1 aromatic rings. The van der Waals surface area contributed by atoms with E-state index in [0.717, 1.165) is 32.0 Å². The maximum absolute atomic E-state index is 14.3. The zero-order valence-electron chi connectivity index (χ0n) is 20.1. The van der Waals surface area contributed by atoms with Crippen molar-refractivity contribution in [2.75, 3.05) is 31.1 Å². The molecule has 188 valence electrons. The second kappa shape index (κ2) is 9.77. The van der Waals surface area contributed by atoms with Gasteiger partial charge in [0.1, 0.15) is 11.4 Å². The third kappa shape index (κ3) is 5.60. The van der Waals surface area contributed by atoms with Crippen LogP contribution in [0.3, 0.4) is 0 Å². The standard InChI is InChI=1S/C24H34FN3O6/c1-23(2,3)34-22(33)27-12-9-24(4,14-27)28(16-7-10-26-11-8-16)18-6-5-15(25)13-17(18)19(20(29)30)21(31)32/h5-6,13,16,19,26H,7-12,14H2,1-4H3,(H,29,30)(H,31,32). The van der Waals surface area contributed by atoms with Gasteiger partial charge in [-0.1, -0.05) is 0 Å². The molecule has 1 aromatic carbocycles. The zero-order chi connectivity index (χ0) is 25.3. The van der Waals surface area contributed by atoms with E-state index < -0.39 is 40.9 Å². The minimum absolute atomic E-state index is 0.0442. The van der Waals surface area contributed by atoms with E-state index in [9.17, 15) is 29.0 Å². The van der Waals surface area contributed by atoms with E-state index in [2.05, 4.69) is 5.32 Å². The average molecular weight is 480 g/mol. The van der Waals surface area contributed by atoms with Crippen molar-refractivity contribution < 1.29 is 33.7 Å². The Bertz CT molecular complexity index is 929. The van der Waals surface area contributed by atoms with E-state index in [1.54, 1.807) is 25.7 Å². The third-order valence-corrected chi connectivity index (χ3v) is 6.41. The van der Waals surface area contributed by atoms with E-state index in [1.807, 2.05) is 11.8 Å². The number of rotatable bonds is 6. The number of piperidine rings is 1.